The van der Waals surface area contributed by atoms with E-state index in [1.807, 2.05) is 37.4 Å². The Kier molecular flexibility index (Phi) is 3.05. The summed E-state index contributed by atoms with van der Waals surface area (Å²) >= 11 is 0. The van der Waals surface area contributed by atoms with E-state index in [1.54, 1.807) is 12.0 Å². The first kappa shape index (κ1) is 14.1. The summed E-state index contributed by atoms with van der Waals surface area (Å²) < 4.78 is 5.22. The van der Waals surface area contributed by atoms with Gasteiger partial charge in [0.15, 0.2) is 0 Å². The number of nitrogens with zero attached hydrogens (tertiary/aromatic N) is 1. The third-order valence-electron chi connectivity index (χ3n) is 5.13. The summed E-state index contributed by atoms with van der Waals surface area (Å²) in [4.78, 5) is 14.7. The number of amides is 1. The number of rotatable bonds is 2. The largest absolute Gasteiger partial charge is 0.497 e. The van der Waals surface area contributed by atoms with E-state index in [-0.39, 0.29) is 11.8 Å². The van der Waals surface area contributed by atoms with Crippen LogP contribution in [-0.4, -0.2) is 20.1 Å². The van der Waals surface area contributed by atoms with E-state index in [2.05, 4.69) is 30.4 Å². The van der Waals surface area contributed by atoms with Crippen molar-refractivity contribution >= 4 is 11.6 Å². The Morgan fingerprint density at radius 3 is 2.61 bits per heavy atom. The topological polar surface area (TPSA) is 29.5 Å². The number of methoxy groups -OCH3 is 1. The van der Waals surface area contributed by atoms with Gasteiger partial charge >= 0.3 is 0 Å². The molecule has 2 aromatic rings. The average Bonchev–Trinajstić information content (AvgIpc) is 3.14. The first-order chi connectivity index (χ1) is 11.2. The number of likely N-dealkylation sites (N-methyl/N-ethyl adjacent to an activating group) is 1. The van der Waals surface area contributed by atoms with Crippen molar-refractivity contribution in [3.8, 4) is 5.75 Å². The zero-order valence-corrected chi connectivity index (χ0v) is 13.3. The number of anilines is 1. The highest BCUT2D eigenvalue weighted by molar-refractivity contribution is 6.09. The highest BCUT2D eigenvalue weighted by atomic mass is 16.5. The van der Waals surface area contributed by atoms with Gasteiger partial charge in [0.05, 0.1) is 12.5 Å². The first-order valence-electron chi connectivity index (χ1n) is 7.87. The van der Waals surface area contributed by atoms with E-state index in [0.717, 1.165) is 23.4 Å². The second-order valence-electron chi connectivity index (χ2n) is 6.30. The molecule has 0 N–H and O–H groups in total. The molecule has 0 aromatic heterocycles. The maximum absolute atomic E-state index is 12.9. The van der Waals surface area contributed by atoms with Crippen LogP contribution in [0.2, 0.25) is 0 Å². The van der Waals surface area contributed by atoms with Gasteiger partial charge in [-0.3, -0.25) is 4.79 Å². The Morgan fingerprint density at radius 2 is 1.87 bits per heavy atom. The van der Waals surface area contributed by atoms with Crippen molar-refractivity contribution < 1.29 is 9.53 Å². The number of carbonyl (C=O) groups is 1. The fourth-order valence-electron chi connectivity index (χ4n) is 3.87. The number of ether oxygens (including phenoxy) is 1. The van der Waals surface area contributed by atoms with E-state index in [9.17, 15) is 4.79 Å². The van der Waals surface area contributed by atoms with Crippen molar-refractivity contribution in [2.45, 2.75) is 17.8 Å². The van der Waals surface area contributed by atoms with E-state index in [1.165, 1.54) is 5.56 Å². The zero-order valence-electron chi connectivity index (χ0n) is 13.3. The third-order valence-corrected chi connectivity index (χ3v) is 5.13. The number of carbonyl (C=O) groups excluding carboxylic acids is 1. The Morgan fingerprint density at radius 1 is 1.13 bits per heavy atom. The van der Waals surface area contributed by atoms with Crippen LogP contribution in [0.4, 0.5) is 5.69 Å². The number of para-hydroxylation sites is 1. The number of hydrogen-bond donors (Lipinski definition) is 0. The lowest BCUT2D eigenvalue weighted by Gasteiger charge is -2.22. The summed E-state index contributed by atoms with van der Waals surface area (Å²) in [5, 5.41) is 0. The van der Waals surface area contributed by atoms with E-state index in [4.69, 9.17) is 4.74 Å². The van der Waals surface area contributed by atoms with Crippen LogP contribution >= 0.6 is 0 Å². The average molecular weight is 305 g/mol. The number of fused-ring (bicyclic) bond motifs is 2. The molecule has 0 saturated heterocycles. The molecule has 1 amide bonds. The van der Waals surface area contributed by atoms with Crippen LogP contribution in [0.15, 0.2) is 60.7 Å². The van der Waals surface area contributed by atoms with Crippen LogP contribution in [0.25, 0.3) is 0 Å². The molecule has 23 heavy (non-hydrogen) atoms. The van der Waals surface area contributed by atoms with Gasteiger partial charge in [0.2, 0.25) is 5.91 Å². The summed E-state index contributed by atoms with van der Waals surface area (Å²) in [6, 6.07) is 16.2. The Labute approximate surface area is 136 Å². The van der Waals surface area contributed by atoms with Crippen LogP contribution in [0.3, 0.4) is 0 Å². The fraction of sp³-hybridized carbons (Fsp3) is 0.250. The number of hydrogen-bond acceptors (Lipinski definition) is 2. The van der Waals surface area contributed by atoms with E-state index >= 15 is 0 Å². The Bertz CT molecular complexity index is 794. The number of allylic oxidation sites excluding steroid dienone is 1. The van der Waals surface area contributed by atoms with Gasteiger partial charge in [0.25, 0.3) is 0 Å². The molecule has 0 bridgehead atoms. The quantitative estimate of drug-likeness (QED) is 0.793. The normalized spacial score (nSPS) is 25.2. The molecule has 0 saturated carbocycles. The van der Waals surface area contributed by atoms with Crippen LogP contribution in [0, 0.1) is 0 Å². The van der Waals surface area contributed by atoms with Crippen molar-refractivity contribution in [3.63, 3.8) is 0 Å². The van der Waals surface area contributed by atoms with Gasteiger partial charge in [0, 0.05) is 18.7 Å². The van der Waals surface area contributed by atoms with Gasteiger partial charge in [0.1, 0.15) is 5.75 Å². The van der Waals surface area contributed by atoms with Gasteiger partial charge in [-0.15, -0.1) is 0 Å². The second kappa shape index (κ2) is 4.98. The van der Waals surface area contributed by atoms with Crippen LogP contribution in [0.5, 0.6) is 5.75 Å². The molecule has 1 spiro atoms. The van der Waals surface area contributed by atoms with Gasteiger partial charge < -0.3 is 9.64 Å². The van der Waals surface area contributed by atoms with Crippen LogP contribution in [0.1, 0.15) is 23.5 Å². The lowest BCUT2D eigenvalue weighted by Crippen LogP contribution is -2.36. The molecule has 1 aliphatic carbocycles. The predicted octanol–water partition coefficient (Wildman–Crippen LogP) is 3.65. The van der Waals surface area contributed by atoms with E-state index in [0.29, 0.717) is 0 Å². The minimum Gasteiger partial charge on any atom is -0.497 e. The van der Waals surface area contributed by atoms with Crippen molar-refractivity contribution in [2.24, 2.45) is 0 Å². The molecule has 1 aliphatic heterocycles. The highest BCUT2D eigenvalue weighted by Crippen LogP contribution is 2.51. The smallest absolute Gasteiger partial charge is 0.241 e. The molecular weight excluding hydrogens is 286 g/mol. The molecule has 116 valence electrons. The molecule has 2 aliphatic rings. The highest BCUT2D eigenvalue weighted by Gasteiger charge is 2.51. The SMILES string of the molecule is COc1ccc([C@H]2C=C[C@]3(C2)C(=O)N(C)c2ccccc23)cc1. The standard InChI is InChI=1S/C20H19NO2/c1-21-18-6-4-3-5-17(18)20(19(21)22)12-11-15(13-20)14-7-9-16(23-2)10-8-14/h3-12,15H,13H2,1-2H3/t15-,20+/m0/s1. The third kappa shape index (κ3) is 1.93. The monoisotopic (exact) mass is 305 g/mol. The molecule has 3 heteroatoms. The molecule has 4 rings (SSSR count). The minimum atomic E-state index is -0.504. The summed E-state index contributed by atoms with van der Waals surface area (Å²) in [5.41, 5.74) is 2.87. The maximum atomic E-state index is 12.9. The molecule has 2 aromatic carbocycles. The summed E-state index contributed by atoms with van der Waals surface area (Å²) in [7, 11) is 3.54. The van der Waals surface area contributed by atoms with Gasteiger partial charge in [-0.1, -0.05) is 42.5 Å². The van der Waals surface area contributed by atoms with Crippen molar-refractivity contribution in [2.75, 3.05) is 19.1 Å². The minimum absolute atomic E-state index is 0.172. The molecule has 1 heterocycles. The van der Waals surface area contributed by atoms with Crippen molar-refractivity contribution in [3.05, 3.63) is 71.8 Å². The molecule has 3 nitrogen and oxygen atoms in total. The van der Waals surface area contributed by atoms with Gasteiger partial charge in [-0.25, -0.2) is 0 Å². The molecular formula is C20H19NO2. The second-order valence-corrected chi connectivity index (χ2v) is 6.30. The number of benzene rings is 2. The zero-order chi connectivity index (χ0) is 16.0. The molecule has 2 atom stereocenters. The van der Waals surface area contributed by atoms with Gasteiger partial charge in [-0.05, 0) is 35.7 Å². The fourth-order valence-corrected chi connectivity index (χ4v) is 3.87. The lowest BCUT2D eigenvalue weighted by atomic mass is 9.78. The first-order valence-corrected chi connectivity index (χ1v) is 7.87. The Balaban J connectivity index is 1.70. The molecule has 0 unspecified atom stereocenters. The van der Waals surface area contributed by atoms with Crippen molar-refractivity contribution in [1.82, 2.24) is 0 Å². The van der Waals surface area contributed by atoms with Gasteiger partial charge in [-0.2, -0.15) is 0 Å². The molecule has 0 fully saturated rings. The van der Waals surface area contributed by atoms with Crippen LogP contribution in [-0.2, 0) is 10.2 Å². The summed E-state index contributed by atoms with van der Waals surface area (Å²) in [6.07, 6.45) is 5.07. The summed E-state index contributed by atoms with van der Waals surface area (Å²) in [5.74, 6) is 1.28. The Hall–Kier alpha value is -2.55. The van der Waals surface area contributed by atoms with Crippen LogP contribution < -0.4 is 9.64 Å². The van der Waals surface area contributed by atoms with Crippen molar-refractivity contribution in [1.29, 1.82) is 0 Å². The summed E-state index contributed by atoms with van der Waals surface area (Å²) in [6.45, 7) is 0. The van der Waals surface area contributed by atoms with E-state index < -0.39 is 5.41 Å². The lowest BCUT2D eigenvalue weighted by molar-refractivity contribution is -0.121. The predicted molar refractivity (Wildman–Crippen MR) is 91.0 cm³/mol. The molecule has 0 radical (unpaired) electrons. The maximum Gasteiger partial charge on any atom is 0.241 e.